The van der Waals surface area contributed by atoms with Crippen LogP contribution in [-0.2, 0) is 19.3 Å². The topological polar surface area (TPSA) is 50.7 Å². The van der Waals surface area contributed by atoms with Gasteiger partial charge in [-0.05, 0) is 33.2 Å². The normalized spacial score (nSPS) is 16.7. The van der Waals surface area contributed by atoms with Gasteiger partial charge in [0.2, 0.25) is 0 Å². The van der Waals surface area contributed by atoms with Gasteiger partial charge in [0.15, 0.2) is 5.82 Å². The van der Waals surface area contributed by atoms with Gasteiger partial charge >= 0.3 is 0 Å². The number of nitrogens with one attached hydrogen (secondary N) is 1. The highest BCUT2D eigenvalue weighted by Gasteiger charge is 2.15. The highest BCUT2D eigenvalue weighted by molar-refractivity contribution is 5.15. The lowest BCUT2D eigenvalue weighted by Gasteiger charge is -2.08. The van der Waals surface area contributed by atoms with E-state index in [1.807, 2.05) is 7.05 Å². The summed E-state index contributed by atoms with van der Waals surface area (Å²) in [5.41, 5.74) is 2.27. The molecule has 1 N–H and O–H groups in total. The third-order valence-electron chi connectivity index (χ3n) is 2.69. The molecule has 0 fully saturated rings. The monoisotopic (exact) mass is 192 g/mol. The van der Waals surface area contributed by atoms with Gasteiger partial charge in [0.1, 0.15) is 0 Å². The second-order valence-electron chi connectivity index (χ2n) is 3.87. The maximum atomic E-state index is 4.53. The smallest absolute Gasteiger partial charge is 0.152 e. The van der Waals surface area contributed by atoms with Crippen LogP contribution in [0.2, 0.25) is 0 Å². The van der Waals surface area contributed by atoms with Crippen molar-refractivity contribution >= 4 is 0 Å². The van der Waals surface area contributed by atoms with Crippen LogP contribution < -0.4 is 5.32 Å². The molecule has 0 saturated heterocycles. The van der Waals surface area contributed by atoms with Gasteiger partial charge in [-0.15, -0.1) is 5.10 Å². The minimum atomic E-state index is 0.413. The third kappa shape index (κ3) is 1.90. The lowest BCUT2D eigenvalue weighted by molar-refractivity contribution is 0.581. The van der Waals surface area contributed by atoms with Crippen molar-refractivity contribution in [2.45, 2.75) is 38.6 Å². The van der Waals surface area contributed by atoms with E-state index < -0.39 is 0 Å². The molecular formula is C10H16N4. The number of nitrogens with zero attached hydrogens (tertiary/aromatic N) is 3. The summed E-state index contributed by atoms with van der Waals surface area (Å²) in [4.78, 5) is 4.53. The van der Waals surface area contributed by atoms with Crippen LogP contribution in [0.4, 0.5) is 0 Å². The van der Waals surface area contributed by atoms with Crippen molar-refractivity contribution in [3.63, 3.8) is 0 Å². The van der Waals surface area contributed by atoms with E-state index in [2.05, 4.69) is 27.4 Å². The zero-order valence-electron chi connectivity index (χ0n) is 8.75. The molecule has 1 aliphatic rings. The highest BCUT2D eigenvalue weighted by Crippen LogP contribution is 2.16. The molecule has 1 unspecified atom stereocenters. The predicted molar refractivity (Wildman–Crippen MR) is 54.1 cm³/mol. The minimum Gasteiger partial charge on any atom is -0.317 e. The molecule has 1 aromatic heterocycles. The van der Waals surface area contributed by atoms with Crippen molar-refractivity contribution in [3.05, 3.63) is 17.2 Å². The molecule has 0 radical (unpaired) electrons. The van der Waals surface area contributed by atoms with Gasteiger partial charge in [-0.25, -0.2) is 4.98 Å². The minimum absolute atomic E-state index is 0.413. The summed E-state index contributed by atoms with van der Waals surface area (Å²) in [6.07, 6.45) is 4.17. The van der Waals surface area contributed by atoms with Crippen molar-refractivity contribution in [2.75, 3.05) is 7.05 Å². The van der Waals surface area contributed by atoms with Crippen LogP contribution in [0.15, 0.2) is 0 Å². The van der Waals surface area contributed by atoms with Crippen LogP contribution in [-0.4, -0.2) is 28.3 Å². The van der Waals surface area contributed by atoms with Crippen LogP contribution in [0.5, 0.6) is 0 Å². The van der Waals surface area contributed by atoms with Crippen molar-refractivity contribution in [1.29, 1.82) is 0 Å². The van der Waals surface area contributed by atoms with Gasteiger partial charge < -0.3 is 5.32 Å². The summed E-state index contributed by atoms with van der Waals surface area (Å²) >= 11 is 0. The number of likely N-dealkylation sites (N-methyl/N-ethyl adjacent to an activating group) is 1. The van der Waals surface area contributed by atoms with Crippen molar-refractivity contribution in [3.8, 4) is 0 Å². The van der Waals surface area contributed by atoms with Crippen LogP contribution in [0, 0.1) is 0 Å². The molecule has 4 heteroatoms. The first-order valence-corrected chi connectivity index (χ1v) is 5.18. The Labute approximate surface area is 84.2 Å². The maximum Gasteiger partial charge on any atom is 0.152 e. The van der Waals surface area contributed by atoms with Gasteiger partial charge in [-0.2, -0.15) is 5.10 Å². The zero-order chi connectivity index (χ0) is 9.97. The van der Waals surface area contributed by atoms with E-state index in [9.17, 15) is 0 Å². The van der Waals surface area contributed by atoms with Crippen LogP contribution in [0.25, 0.3) is 0 Å². The molecule has 0 aliphatic heterocycles. The summed E-state index contributed by atoms with van der Waals surface area (Å²) in [6.45, 7) is 2.12. The molecule has 4 nitrogen and oxygen atoms in total. The van der Waals surface area contributed by atoms with Crippen LogP contribution in [0.3, 0.4) is 0 Å². The summed E-state index contributed by atoms with van der Waals surface area (Å²) in [7, 11) is 1.95. The highest BCUT2D eigenvalue weighted by atomic mass is 15.2. The predicted octanol–water partition coefficient (Wildman–Crippen LogP) is 0.511. The Hall–Kier alpha value is -1.03. The molecule has 14 heavy (non-hydrogen) atoms. The van der Waals surface area contributed by atoms with Crippen LogP contribution in [0.1, 0.15) is 30.6 Å². The second-order valence-corrected chi connectivity index (χ2v) is 3.87. The first-order valence-electron chi connectivity index (χ1n) is 5.18. The molecule has 0 amide bonds. The van der Waals surface area contributed by atoms with E-state index in [1.54, 1.807) is 0 Å². The molecule has 76 valence electrons. The first-order chi connectivity index (χ1) is 6.79. The fraction of sp³-hybridized carbons (Fsp3) is 0.700. The number of fused-ring (bicyclic) bond motifs is 1. The van der Waals surface area contributed by atoms with E-state index in [0.717, 1.165) is 30.8 Å². The lowest BCUT2D eigenvalue weighted by atomic mass is 10.2. The largest absolute Gasteiger partial charge is 0.317 e. The molecular weight excluding hydrogens is 176 g/mol. The third-order valence-corrected chi connectivity index (χ3v) is 2.69. The molecule has 1 heterocycles. The zero-order valence-corrected chi connectivity index (χ0v) is 8.75. The average molecular weight is 192 g/mol. The summed E-state index contributed by atoms with van der Waals surface area (Å²) < 4.78 is 0. The molecule has 0 saturated carbocycles. The Morgan fingerprint density at radius 1 is 1.29 bits per heavy atom. The van der Waals surface area contributed by atoms with Crippen LogP contribution >= 0.6 is 0 Å². The van der Waals surface area contributed by atoms with Gasteiger partial charge in [-0.1, -0.05) is 0 Å². The molecule has 0 bridgehead atoms. The second kappa shape index (κ2) is 4.00. The van der Waals surface area contributed by atoms with Gasteiger partial charge in [0.05, 0.1) is 11.4 Å². The summed E-state index contributed by atoms with van der Waals surface area (Å²) in [6, 6.07) is 0.413. The maximum absolute atomic E-state index is 4.53. The SMILES string of the molecule is CNC(C)Cc1nnc2c(n1)CCC2. The molecule has 1 aromatic rings. The summed E-state index contributed by atoms with van der Waals surface area (Å²) in [5.74, 6) is 0.868. The number of hydrogen-bond donors (Lipinski definition) is 1. The fourth-order valence-electron chi connectivity index (χ4n) is 1.70. The Balaban J connectivity index is 2.12. The lowest BCUT2D eigenvalue weighted by Crippen LogP contribution is -2.25. The number of aromatic nitrogens is 3. The Bertz CT molecular complexity index is 324. The number of aryl methyl sites for hydroxylation is 2. The van der Waals surface area contributed by atoms with E-state index >= 15 is 0 Å². The number of hydrogen-bond acceptors (Lipinski definition) is 4. The van der Waals surface area contributed by atoms with Gasteiger partial charge in [0, 0.05) is 12.5 Å². The van der Waals surface area contributed by atoms with Crippen molar-refractivity contribution < 1.29 is 0 Å². The average Bonchev–Trinajstić information content (AvgIpc) is 2.64. The molecule has 1 aliphatic carbocycles. The van der Waals surface area contributed by atoms with Gasteiger partial charge in [-0.3, -0.25) is 0 Å². The van der Waals surface area contributed by atoms with E-state index in [1.165, 1.54) is 12.1 Å². The van der Waals surface area contributed by atoms with E-state index in [0.29, 0.717) is 6.04 Å². The molecule has 1 atom stereocenters. The van der Waals surface area contributed by atoms with Gasteiger partial charge in [0.25, 0.3) is 0 Å². The number of rotatable bonds is 3. The summed E-state index contributed by atoms with van der Waals surface area (Å²) in [5, 5.41) is 11.5. The Morgan fingerprint density at radius 3 is 2.86 bits per heavy atom. The Morgan fingerprint density at radius 2 is 2.07 bits per heavy atom. The van der Waals surface area contributed by atoms with E-state index in [4.69, 9.17) is 0 Å². The Kier molecular flexibility index (Phi) is 2.72. The standard InChI is InChI=1S/C10H16N4/c1-7(11-2)6-10-12-8-4-3-5-9(8)13-14-10/h7,11H,3-6H2,1-2H3. The molecule has 0 spiro atoms. The quantitative estimate of drug-likeness (QED) is 0.758. The van der Waals surface area contributed by atoms with Crippen molar-refractivity contribution in [2.24, 2.45) is 0 Å². The first kappa shape index (κ1) is 9.52. The molecule has 2 rings (SSSR count). The fourth-order valence-corrected chi connectivity index (χ4v) is 1.70. The molecule has 0 aromatic carbocycles. The van der Waals surface area contributed by atoms with Crippen molar-refractivity contribution in [1.82, 2.24) is 20.5 Å². The van der Waals surface area contributed by atoms with E-state index in [-0.39, 0.29) is 0 Å².